The van der Waals surface area contributed by atoms with Gasteiger partial charge in [0.25, 0.3) is 5.91 Å². The zero-order valence-corrected chi connectivity index (χ0v) is 20.3. The van der Waals surface area contributed by atoms with Gasteiger partial charge in [-0.05, 0) is 66.4 Å². The molecule has 1 aliphatic rings. The molecule has 4 rings (SSSR count). The molecule has 1 amide bonds. The summed E-state index contributed by atoms with van der Waals surface area (Å²) in [5.74, 6) is 2.05. The number of amides is 1. The fourth-order valence-corrected chi connectivity index (χ4v) is 4.47. The molecule has 178 valence electrons. The fourth-order valence-electron chi connectivity index (χ4n) is 4.47. The maximum Gasteiger partial charge on any atom is 0.251 e. The normalized spacial score (nSPS) is 15.4. The number of carbonyl (C=O) groups excluding carboxylic acids is 1. The third-order valence-electron chi connectivity index (χ3n) is 6.43. The molecule has 0 saturated carbocycles. The van der Waals surface area contributed by atoms with E-state index in [0.717, 1.165) is 36.6 Å². The van der Waals surface area contributed by atoms with Crippen LogP contribution in [-0.4, -0.2) is 45.2 Å². The van der Waals surface area contributed by atoms with E-state index in [9.17, 15) is 4.79 Å². The van der Waals surface area contributed by atoms with Crippen LogP contribution in [0.25, 0.3) is 0 Å². The van der Waals surface area contributed by atoms with Gasteiger partial charge in [0.1, 0.15) is 5.75 Å². The lowest BCUT2D eigenvalue weighted by Crippen LogP contribution is -2.41. The summed E-state index contributed by atoms with van der Waals surface area (Å²) in [7, 11) is 4.92. The van der Waals surface area contributed by atoms with Gasteiger partial charge in [0.05, 0.1) is 27.4 Å². The van der Waals surface area contributed by atoms with Gasteiger partial charge in [-0.2, -0.15) is 0 Å². The van der Waals surface area contributed by atoms with Gasteiger partial charge in [-0.25, -0.2) is 0 Å². The summed E-state index contributed by atoms with van der Waals surface area (Å²) in [5, 5.41) is 3.14. The summed E-state index contributed by atoms with van der Waals surface area (Å²) in [6, 6.07) is 19.9. The molecule has 6 heteroatoms. The average molecular weight is 461 g/mol. The SMILES string of the molecule is COc1ccc(C(=O)NCC2c3cc(OC)c(OC)cc3CCN2Cc2ccc(C)cc2)cc1. The monoisotopic (exact) mass is 460 g/mol. The van der Waals surface area contributed by atoms with Crippen molar-refractivity contribution in [3.05, 3.63) is 88.5 Å². The van der Waals surface area contributed by atoms with E-state index in [0.29, 0.717) is 17.9 Å². The van der Waals surface area contributed by atoms with Crippen LogP contribution in [0.4, 0.5) is 0 Å². The molecule has 1 N–H and O–H groups in total. The van der Waals surface area contributed by atoms with Gasteiger partial charge in [-0.1, -0.05) is 29.8 Å². The number of carbonyl (C=O) groups is 1. The van der Waals surface area contributed by atoms with Crippen molar-refractivity contribution in [3.63, 3.8) is 0 Å². The van der Waals surface area contributed by atoms with Crippen LogP contribution in [0.1, 0.15) is 38.7 Å². The van der Waals surface area contributed by atoms with Crippen LogP contribution < -0.4 is 19.5 Å². The van der Waals surface area contributed by atoms with E-state index >= 15 is 0 Å². The molecule has 0 fully saturated rings. The van der Waals surface area contributed by atoms with Gasteiger partial charge in [0, 0.05) is 25.2 Å². The smallest absolute Gasteiger partial charge is 0.251 e. The largest absolute Gasteiger partial charge is 0.497 e. The molecule has 3 aromatic carbocycles. The first-order chi connectivity index (χ1) is 16.5. The molecular formula is C28H32N2O4. The number of ether oxygens (including phenoxy) is 3. The van der Waals surface area contributed by atoms with Crippen LogP contribution in [0.3, 0.4) is 0 Å². The van der Waals surface area contributed by atoms with E-state index in [-0.39, 0.29) is 11.9 Å². The number of hydrogen-bond donors (Lipinski definition) is 1. The van der Waals surface area contributed by atoms with E-state index in [1.165, 1.54) is 16.7 Å². The summed E-state index contributed by atoms with van der Waals surface area (Å²) in [5.41, 5.74) is 5.48. The van der Waals surface area contributed by atoms with E-state index in [1.807, 2.05) is 0 Å². The standard InChI is InChI=1S/C28H32N2O4/c1-19-5-7-20(8-6-19)18-30-14-13-22-15-26(33-3)27(34-4)16-24(22)25(30)17-29-28(31)21-9-11-23(32-2)12-10-21/h5-12,15-16,25H,13-14,17-18H2,1-4H3,(H,29,31). The highest BCUT2D eigenvalue weighted by Crippen LogP contribution is 2.38. The van der Waals surface area contributed by atoms with Crippen molar-refractivity contribution in [2.45, 2.75) is 25.9 Å². The second kappa shape index (κ2) is 10.6. The van der Waals surface area contributed by atoms with Crippen molar-refractivity contribution in [1.29, 1.82) is 0 Å². The summed E-state index contributed by atoms with van der Waals surface area (Å²) >= 11 is 0. The van der Waals surface area contributed by atoms with Crippen LogP contribution >= 0.6 is 0 Å². The first kappa shape index (κ1) is 23.6. The lowest BCUT2D eigenvalue weighted by Gasteiger charge is -2.38. The maximum absolute atomic E-state index is 12.9. The van der Waals surface area contributed by atoms with Crippen molar-refractivity contribution < 1.29 is 19.0 Å². The van der Waals surface area contributed by atoms with Crippen LogP contribution in [0.15, 0.2) is 60.7 Å². The third-order valence-corrected chi connectivity index (χ3v) is 6.43. The number of nitrogens with zero attached hydrogens (tertiary/aromatic N) is 1. The first-order valence-electron chi connectivity index (χ1n) is 11.5. The van der Waals surface area contributed by atoms with Gasteiger partial charge in [-0.3, -0.25) is 9.69 Å². The average Bonchev–Trinajstić information content (AvgIpc) is 2.88. The molecule has 6 nitrogen and oxygen atoms in total. The van der Waals surface area contributed by atoms with Crippen molar-refractivity contribution in [2.75, 3.05) is 34.4 Å². The van der Waals surface area contributed by atoms with Crippen molar-refractivity contribution in [3.8, 4) is 17.2 Å². The van der Waals surface area contributed by atoms with Gasteiger partial charge < -0.3 is 19.5 Å². The van der Waals surface area contributed by atoms with Crippen molar-refractivity contribution in [1.82, 2.24) is 10.2 Å². The molecule has 34 heavy (non-hydrogen) atoms. The number of nitrogens with one attached hydrogen (secondary N) is 1. The van der Waals surface area contributed by atoms with Gasteiger partial charge in [0.2, 0.25) is 0 Å². The summed E-state index contributed by atoms with van der Waals surface area (Å²) < 4.78 is 16.3. The molecule has 0 radical (unpaired) electrons. The minimum absolute atomic E-state index is 0.00653. The van der Waals surface area contributed by atoms with Crippen LogP contribution in [0, 0.1) is 6.92 Å². The lowest BCUT2D eigenvalue weighted by atomic mass is 9.91. The Balaban J connectivity index is 1.60. The molecule has 1 aliphatic heterocycles. The Morgan fingerprint density at radius 2 is 1.62 bits per heavy atom. The molecular weight excluding hydrogens is 428 g/mol. The van der Waals surface area contributed by atoms with Crippen LogP contribution in [-0.2, 0) is 13.0 Å². The van der Waals surface area contributed by atoms with E-state index in [2.05, 4.69) is 53.5 Å². The number of benzene rings is 3. The number of fused-ring (bicyclic) bond motifs is 1. The Kier molecular flexibility index (Phi) is 7.38. The quantitative estimate of drug-likeness (QED) is 0.534. The van der Waals surface area contributed by atoms with Crippen LogP contribution in [0.2, 0.25) is 0 Å². The highest BCUT2D eigenvalue weighted by atomic mass is 16.5. The summed E-state index contributed by atoms with van der Waals surface area (Å²) in [4.78, 5) is 15.3. The molecule has 3 aromatic rings. The first-order valence-corrected chi connectivity index (χ1v) is 11.5. The van der Waals surface area contributed by atoms with Gasteiger partial charge in [0.15, 0.2) is 11.5 Å². The lowest BCUT2D eigenvalue weighted by molar-refractivity contribution is 0.0925. The second-order valence-corrected chi connectivity index (χ2v) is 8.57. The predicted molar refractivity (Wildman–Crippen MR) is 133 cm³/mol. The van der Waals surface area contributed by atoms with Gasteiger partial charge >= 0.3 is 0 Å². The minimum atomic E-state index is -0.106. The fraction of sp³-hybridized carbons (Fsp3) is 0.321. The Morgan fingerprint density at radius 3 is 2.26 bits per heavy atom. The van der Waals surface area contributed by atoms with E-state index in [4.69, 9.17) is 14.2 Å². The zero-order chi connectivity index (χ0) is 24.1. The summed E-state index contributed by atoms with van der Waals surface area (Å²) in [6.45, 7) is 4.27. The van der Waals surface area contributed by atoms with E-state index < -0.39 is 0 Å². The number of methoxy groups -OCH3 is 3. The number of rotatable bonds is 8. The molecule has 0 bridgehead atoms. The predicted octanol–water partition coefficient (Wildman–Crippen LogP) is 4.55. The molecule has 0 aromatic heterocycles. The Morgan fingerprint density at radius 1 is 0.941 bits per heavy atom. The van der Waals surface area contributed by atoms with Crippen molar-refractivity contribution in [2.24, 2.45) is 0 Å². The Bertz CT molecular complexity index is 1130. The molecule has 0 saturated heterocycles. The molecule has 1 heterocycles. The highest BCUT2D eigenvalue weighted by Gasteiger charge is 2.29. The molecule has 1 atom stereocenters. The van der Waals surface area contributed by atoms with E-state index in [1.54, 1.807) is 45.6 Å². The second-order valence-electron chi connectivity index (χ2n) is 8.57. The summed E-state index contributed by atoms with van der Waals surface area (Å²) in [6.07, 6.45) is 0.907. The number of aryl methyl sites for hydroxylation is 1. The maximum atomic E-state index is 12.9. The number of hydrogen-bond acceptors (Lipinski definition) is 5. The van der Waals surface area contributed by atoms with Gasteiger partial charge in [-0.15, -0.1) is 0 Å². The Hall–Kier alpha value is -3.51. The minimum Gasteiger partial charge on any atom is -0.497 e. The molecule has 0 spiro atoms. The molecule has 0 aliphatic carbocycles. The third kappa shape index (κ3) is 5.18. The zero-order valence-electron chi connectivity index (χ0n) is 20.3. The Labute approximate surface area is 201 Å². The van der Waals surface area contributed by atoms with Crippen molar-refractivity contribution >= 4 is 5.91 Å². The van der Waals surface area contributed by atoms with Crippen LogP contribution in [0.5, 0.6) is 17.2 Å². The topological polar surface area (TPSA) is 60.0 Å². The molecule has 1 unspecified atom stereocenters. The highest BCUT2D eigenvalue weighted by molar-refractivity contribution is 5.94.